The second-order valence-electron chi connectivity index (χ2n) is 8.04. The normalized spacial score (nSPS) is 14.3. The topological polar surface area (TPSA) is 139 Å². The van der Waals surface area contributed by atoms with Gasteiger partial charge >= 0.3 is 0 Å². The van der Waals surface area contributed by atoms with Gasteiger partial charge < -0.3 is 15.2 Å². The van der Waals surface area contributed by atoms with Gasteiger partial charge in [-0.1, -0.05) is 24.3 Å². The zero-order chi connectivity index (χ0) is 23.7. The molecule has 2 N–H and O–H groups in total. The molecule has 1 fully saturated rings. The fraction of sp³-hybridized carbons (Fsp3) is 0.217. The van der Waals surface area contributed by atoms with Crippen molar-refractivity contribution >= 4 is 34.0 Å². The van der Waals surface area contributed by atoms with E-state index in [2.05, 4.69) is 20.4 Å². The number of carbonyl (C=O) groups is 1. The number of anilines is 2. The van der Waals surface area contributed by atoms with Gasteiger partial charge in [-0.25, -0.2) is 9.67 Å². The molecule has 4 aromatic rings. The van der Waals surface area contributed by atoms with Gasteiger partial charge in [0.05, 0.1) is 28.8 Å². The lowest BCUT2D eigenvalue weighted by molar-refractivity contribution is -0.384. The van der Waals surface area contributed by atoms with E-state index >= 15 is 0 Å². The Morgan fingerprint density at radius 1 is 1.09 bits per heavy atom. The lowest BCUT2D eigenvalue weighted by Crippen LogP contribution is -2.38. The van der Waals surface area contributed by atoms with Crippen LogP contribution in [0.5, 0.6) is 0 Å². The smallest absolute Gasteiger partial charge is 0.292 e. The van der Waals surface area contributed by atoms with Crippen molar-refractivity contribution in [2.24, 2.45) is 5.92 Å². The number of aromatic nitrogens is 4. The standard InChI is InChI=1S/C23H21N7O4/c31-22(15-9-11-28(12-10-15)19-7-3-4-8-20(19)30(33)34)27-17-5-1-2-6-18(17)29-21-16(13-26-29)23(32)25-14-24-21/h1-8,13-15H,9-12H2,(H,27,31)(H,24,25,32). The molecule has 3 heterocycles. The van der Waals surface area contributed by atoms with Crippen LogP contribution < -0.4 is 15.8 Å². The number of nitrogens with zero attached hydrogens (tertiary/aromatic N) is 5. The number of benzene rings is 2. The molecule has 1 aliphatic rings. The van der Waals surface area contributed by atoms with Gasteiger partial charge in [0.1, 0.15) is 11.1 Å². The van der Waals surface area contributed by atoms with Crippen LogP contribution in [0.25, 0.3) is 16.7 Å². The number of rotatable bonds is 5. The molecule has 1 saturated heterocycles. The second-order valence-corrected chi connectivity index (χ2v) is 8.04. The minimum Gasteiger partial charge on any atom is -0.366 e. The van der Waals surface area contributed by atoms with Crippen LogP contribution in [-0.2, 0) is 4.79 Å². The Hall–Kier alpha value is -4.54. The Morgan fingerprint density at radius 2 is 1.79 bits per heavy atom. The maximum Gasteiger partial charge on any atom is 0.292 e. The number of nitrogens with one attached hydrogen (secondary N) is 2. The number of piperidine rings is 1. The van der Waals surface area contributed by atoms with E-state index in [0.29, 0.717) is 54.0 Å². The minimum absolute atomic E-state index is 0.0678. The maximum absolute atomic E-state index is 13.1. The Morgan fingerprint density at radius 3 is 2.56 bits per heavy atom. The summed E-state index contributed by atoms with van der Waals surface area (Å²) >= 11 is 0. The SMILES string of the molecule is O=C(Nc1ccccc1-n1ncc2c(=O)[nH]cnc21)C1CCN(c2ccccc2[N+](=O)[O-])CC1. The molecule has 0 saturated carbocycles. The molecule has 34 heavy (non-hydrogen) atoms. The van der Waals surface area contributed by atoms with Crippen molar-refractivity contribution in [1.29, 1.82) is 0 Å². The summed E-state index contributed by atoms with van der Waals surface area (Å²) in [4.78, 5) is 44.8. The largest absolute Gasteiger partial charge is 0.366 e. The number of fused-ring (bicyclic) bond motifs is 1. The lowest BCUT2D eigenvalue weighted by atomic mass is 9.95. The third-order valence-electron chi connectivity index (χ3n) is 6.05. The molecule has 0 bridgehead atoms. The monoisotopic (exact) mass is 459 g/mol. The highest BCUT2D eigenvalue weighted by Crippen LogP contribution is 2.32. The Labute approximate surface area is 193 Å². The number of aromatic amines is 1. The molecule has 11 nitrogen and oxygen atoms in total. The first kappa shape index (κ1) is 21.3. The molecule has 2 aromatic heterocycles. The van der Waals surface area contributed by atoms with Gasteiger partial charge in [0, 0.05) is 25.1 Å². The van der Waals surface area contributed by atoms with E-state index in [9.17, 15) is 19.7 Å². The number of para-hydroxylation sites is 4. The van der Waals surface area contributed by atoms with Crippen LogP contribution in [0.3, 0.4) is 0 Å². The van der Waals surface area contributed by atoms with E-state index < -0.39 is 0 Å². The lowest BCUT2D eigenvalue weighted by Gasteiger charge is -2.32. The summed E-state index contributed by atoms with van der Waals surface area (Å²) in [5, 5.41) is 19.0. The van der Waals surface area contributed by atoms with Crippen LogP contribution >= 0.6 is 0 Å². The molecule has 0 unspecified atom stereocenters. The molecule has 0 atom stereocenters. The first-order chi connectivity index (χ1) is 16.5. The van der Waals surface area contributed by atoms with Gasteiger partial charge in [-0.2, -0.15) is 5.10 Å². The molecule has 1 amide bonds. The number of carbonyl (C=O) groups excluding carboxylic acids is 1. The van der Waals surface area contributed by atoms with E-state index in [-0.39, 0.29) is 28.0 Å². The van der Waals surface area contributed by atoms with Crippen LogP contribution in [0.1, 0.15) is 12.8 Å². The van der Waals surface area contributed by atoms with Crippen molar-refractivity contribution in [3.8, 4) is 5.69 Å². The highest BCUT2D eigenvalue weighted by atomic mass is 16.6. The summed E-state index contributed by atoms with van der Waals surface area (Å²) in [5.41, 5.74) is 1.90. The predicted octanol–water partition coefficient (Wildman–Crippen LogP) is 2.87. The molecular weight excluding hydrogens is 438 g/mol. The second kappa shape index (κ2) is 8.77. The molecule has 5 rings (SSSR count). The summed E-state index contributed by atoms with van der Waals surface area (Å²) in [6, 6.07) is 13.8. The predicted molar refractivity (Wildman–Crippen MR) is 126 cm³/mol. The molecule has 2 aromatic carbocycles. The van der Waals surface area contributed by atoms with E-state index in [1.807, 2.05) is 17.0 Å². The fourth-order valence-electron chi connectivity index (χ4n) is 4.30. The van der Waals surface area contributed by atoms with Crippen molar-refractivity contribution in [1.82, 2.24) is 19.7 Å². The molecule has 11 heteroatoms. The number of hydrogen-bond acceptors (Lipinski definition) is 7. The van der Waals surface area contributed by atoms with Crippen molar-refractivity contribution in [3.05, 3.63) is 81.5 Å². The Bertz CT molecular complexity index is 1440. The van der Waals surface area contributed by atoms with Crippen LogP contribution in [0.4, 0.5) is 17.1 Å². The van der Waals surface area contributed by atoms with Crippen LogP contribution in [0, 0.1) is 16.0 Å². The summed E-state index contributed by atoms with van der Waals surface area (Å²) in [6.07, 6.45) is 3.90. The van der Waals surface area contributed by atoms with Gasteiger partial charge in [-0.15, -0.1) is 0 Å². The molecule has 0 radical (unpaired) electrons. The molecule has 0 spiro atoms. The molecule has 0 aliphatic carbocycles. The van der Waals surface area contributed by atoms with E-state index in [1.165, 1.54) is 23.3 Å². The van der Waals surface area contributed by atoms with Crippen LogP contribution in [0.15, 0.2) is 65.8 Å². The van der Waals surface area contributed by atoms with Gasteiger partial charge in [0.25, 0.3) is 11.2 Å². The first-order valence-corrected chi connectivity index (χ1v) is 10.8. The average molecular weight is 459 g/mol. The third kappa shape index (κ3) is 3.87. The Balaban J connectivity index is 1.32. The number of amides is 1. The first-order valence-electron chi connectivity index (χ1n) is 10.8. The van der Waals surface area contributed by atoms with Crippen LogP contribution in [0.2, 0.25) is 0 Å². The van der Waals surface area contributed by atoms with Crippen molar-refractivity contribution < 1.29 is 9.72 Å². The highest BCUT2D eigenvalue weighted by Gasteiger charge is 2.28. The molecule has 1 aliphatic heterocycles. The number of nitro benzene ring substituents is 1. The van der Waals surface area contributed by atoms with E-state index in [0.717, 1.165) is 0 Å². The Kier molecular flexibility index (Phi) is 5.50. The fourth-order valence-corrected chi connectivity index (χ4v) is 4.30. The van der Waals surface area contributed by atoms with Crippen molar-refractivity contribution in [2.75, 3.05) is 23.3 Å². The van der Waals surface area contributed by atoms with Gasteiger partial charge in [-0.3, -0.25) is 19.7 Å². The minimum atomic E-state index is -0.382. The third-order valence-corrected chi connectivity index (χ3v) is 6.05. The highest BCUT2D eigenvalue weighted by molar-refractivity contribution is 5.95. The van der Waals surface area contributed by atoms with Gasteiger partial charge in [0.15, 0.2) is 5.65 Å². The van der Waals surface area contributed by atoms with E-state index in [4.69, 9.17) is 0 Å². The van der Waals surface area contributed by atoms with Crippen molar-refractivity contribution in [2.45, 2.75) is 12.8 Å². The van der Waals surface area contributed by atoms with Gasteiger partial charge in [-0.05, 0) is 31.0 Å². The van der Waals surface area contributed by atoms with Crippen molar-refractivity contribution in [3.63, 3.8) is 0 Å². The number of nitro groups is 1. The van der Waals surface area contributed by atoms with Gasteiger partial charge in [0.2, 0.25) is 5.91 Å². The zero-order valence-electron chi connectivity index (χ0n) is 18.0. The summed E-state index contributed by atoms with van der Waals surface area (Å²) in [7, 11) is 0. The number of hydrogen-bond donors (Lipinski definition) is 2. The van der Waals surface area contributed by atoms with E-state index in [1.54, 1.807) is 30.3 Å². The average Bonchev–Trinajstić information content (AvgIpc) is 3.30. The van der Waals surface area contributed by atoms with Crippen LogP contribution in [-0.4, -0.2) is 43.7 Å². The molecular formula is C23H21N7O4. The number of H-pyrrole nitrogens is 1. The maximum atomic E-state index is 13.1. The molecule has 172 valence electrons. The zero-order valence-corrected chi connectivity index (χ0v) is 18.0. The summed E-state index contributed by atoms with van der Waals surface area (Å²) in [6.45, 7) is 1.09. The quantitative estimate of drug-likeness (QED) is 0.345. The summed E-state index contributed by atoms with van der Waals surface area (Å²) < 4.78 is 1.53. The summed E-state index contributed by atoms with van der Waals surface area (Å²) in [5.74, 6) is -0.362.